The summed E-state index contributed by atoms with van der Waals surface area (Å²) in [6.07, 6.45) is 4.25. The Labute approximate surface area is 169 Å². The largest absolute Gasteiger partial charge is 0.497 e. The molecule has 154 valence electrons. The van der Waals surface area contributed by atoms with Crippen molar-refractivity contribution in [3.63, 3.8) is 0 Å². The van der Waals surface area contributed by atoms with Gasteiger partial charge in [0.15, 0.2) is 5.78 Å². The highest BCUT2D eigenvalue weighted by Crippen LogP contribution is 2.34. The van der Waals surface area contributed by atoms with Gasteiger partial charge in [0, 0.05) is 13.5 Å². The number of hydrogen-bond acceptors (Lipinski definition) is 4. The number of carbonyl (C=O) groups excluding carboxylic acids is 1. The number of rotatable bonds is 9. The van der Waals surface area contributed by atoms with Gasteiger partial charge in [0.2, 0.25) is 0 Å². The fraction of sp³-hybridized carbons (Fsp3) is 0.542. The van der Waals surface area contributed by atoms with Crippen molar-refractivity contribution >= 4 is 5.78 Å². The first-order valence-corrected chi connectivity index (χ1v) is 10.0. The fourth-order valence-electron chi connectivity index (χ4n) is 3.65. The second-order valence-electron chi connectivity index (χ2n) is 7.97. The molecule has 0 N–H and O–H groups in total. The van der Waals surface area contributed by atoms with Gasteiger partial charge in [0.25, 0.3) is 0 Å². The molecule has 0 aromatic heterocycles. The van der Waals surface area contributed by atoms with E-state index >= 15 is 0 Å². The molecule has 1 fully saturated rings. The molecule has 2 rings (SSSR count). The number of ether oxygens (including phenoxy) is 3. The van der Waals surface area contributed by atoms with Gasteiger partial charge in [-0.3, -0.25) is 4.79 Å². The number of hydrogen-bond donors (Lipinski definition) is 0. The van der Waals surface area contributed by atoms with Gasteiger partial charge < -0.3 is 14.2 Å². The molecule has 3 unspecified atom stereocenters. The monoisotopic (exact) mass is 386 g/mol. The van der Waals surface area contributed by atoms with Crippen LogP contribution in [0.1, 0.15) is 45.6 Å². The van der Waals surface area contributed by atoms with Gasteiger partial charge in [0.05, 0.1) is 31.8 Å². The van der Waals surface area contributed by atoms with Crippen molar-refractivity contribution in [3.05, 3.63) is 53.6 Å². The smallest absolute Gasteiger partial charge is 0.168 e. The molecule has 1 aromatic rings. The Balaban J connectivity index is 2.10. The molecule has 0 heterocycles. The first-order valence-electron chi connectivity index (χ1n) is 10.0. The molecule has 1 aromatic carbocycles. The van der Waals surface area contributed by atoms with Gasteiger partial charge in [0.1, 0.15) is 5.75 Å². The molecule has 28 heavy (non-hydrogen) atoms. The molecule has 1 saturated carbocycles. The van der Waals surface area contributed by atoms with Crippen LogP contribution >= 0.6 is 0 Å². The summed E-state index contributed by atoms with van der Waals surface area (Å²) in [7, 11) is 3.31. The van der Waals surface area contributed by atoms with Crippen LogP contribution in [-0.2, 0) is 20.9 Å². The summed E-state index contributed by atoms with van der Waals surface area (Å²) in [6.45, 7) is 10.9. The standard InChI is InChI=1S/C24H34O4/c1-16(2)8-7-9-17(3)22-23(25)18(4)14-21(24(22)27-6)28-15-19-10-12-20(26-5)13-11-19/h9-13,16,21-22,24H,4,7-8,14-15H2,1-3,5-6H3/b17-9+. The van der Waals surface area contributed by atoms with Crippen LogP contribution in [0.2, 0.25) is 0 Å². The molecular formula is C24H34O4. The predicted molar refractivity (Wildman–Crippen MR) is 112 cm³/mol. The number of benzene rings is 1. The van der Waals surface area contributed by atoms with Crippen molar-refractivity contribution in [3.8, 4) is 5.75 Å². The minimum Gasteiger partial charge on any atom is -0.497 e. The zero-order valence-corrected chi connectivity index (χ0v) is 17.9. The average Bonchev–Trinajstić information content (AvgIpc) is 2.68. The first-order chi connectivity index (χ1) is 13.4. The molecule has 1 aliphatic rings. The maximum absolute atomic E-state index is 12.8. The molecule has 0 spiro atoms. The van der Waals surface area contributed by atoms with E-state index in [-0.39, 0.29) is 23.9 Å². The van der Waals surface area contributed by atoms with E-state index in [0.29, 0.717) is 24.5 Å². The van der Waals surface area contributed by atoms with E-state index in [9.17, 15) is 4.79 Å². The summed E-state index contributed by atoms with van der Waals surface area (Å²) in [5, 5.41) is 0. The van der Waals surface area contributed by atoms with Crippen molar-refractivity contribution in [2.24, 2.45) is 11.8 Å². The number of ketones is 1. The first kappa shape index (κ1) is 22.4. The van der Waals surface area contributed by atoms with Crippen LogP contribution in [0.3, 0.4) is 0 Å². The summed E-state index contributed by atoms with van der Waals surface area (Å²) in [4.78, 5) is 12.8. The molecule has 0 aliphatic heterocycles. The van der Waals surface area contributed by atoms with E-state index in [0.717, 1.165) is 29.7 Å². The lowest BCUT2D eigenvalue weighted by Crippen LogP contribution is -2.46. The van der Waals surface area contributed by atoms with Gasteiger partial charge in [-0.05, 0) is 49.0 Å². The molecule has 1 aliphatic carbocycles. The highest BCUT2D eigenvalue weighted by atomic mass is 16.5. The van der Waals surface area contributed by atoms with Crippen LogP contribution in [0.25, 0.3) is 0 Å². The van der Waals surface area contributed by atoms with Gasteiger partial charge in [-0.1, -0.05) is 44.2 Å². The lowest BCUT2D eigenvalue weighted by molar-refractivity contribution is -0.136. The van der Waals surface area contributed by atoms with Crippen LogP contribution in [0.5, 0.6) is 5.75 Å². The highest BCUT2D eigenvalue weighted by Gasteiger charge is 2.42. The van der Waals surface area contributed by atoms with Crippen molar-refractivity contribution in [1.29, 1.82) is 0 Å². The number of Topliss-reactive ketones (excluding diaryl/α,β-unsaturated/α-hetero) is 1. The topological polar surface area (TPSA) is 44.8 Å². The molecule has 4 heteroatoms. The fourth-order valence-corrected chi connectivity index (χ4v) is 3.65. The van der Waals surface area contributed by atoms with Crippen LogP contribution in [-0.4, -0.2) is 32.2 Å². The van der Waals surface area contributed by atoms with Gasteiger partial charge >= 0.3 is 0 Å². The van der Waals surface area contributed by atoms with E-state index < -0.39 is 0 Å². The number of allylic oxidation sites excluding steroid dienone is 1. The lowest BCUT2D eigenvalue weighted by atomic mass is 9.76. The second kappa shape index (κ2) is 10.6. The molecule has 0 radical (unpaired) electrons. The molecular weight excluding hydrogens is 352 g/mol. The molecule has 0 saturated heterocycles. The average molecular weight is 387 g/mol. The second-order valence-corrected chi connectivity index (χ2v) is 7.97. The van der Waals surface area contributed by atoms with E-state index in [2.05, 4.69) is 26.5 Å². The maximum atomic E-state index is 12.8. The highest BCUT2D eigenvalue weighted by molar-refractivity contribution is 5.99. The Morgan fingerprint density at radius 2 is 1.93 bits per heavy atom. The van der Waals surface area contributed by atoms with Crippen molar-refractivity contribution < 1.29 is 19.0 Å². The molecule has 0 bridgehead atoms. The zero-order valence-electron chi connectivity index (χ0n) is 17.9. The Hall–Kier alpha value is -1.91. The summed E-state index contributed by atoms with van der Waals surface area (Å²) in [6, 6.07) is 7.80. The normalized spacial score (nSPS) is 23.4. The van der Waals surface area contributed by atoms with Crippen molar-refractivity contribution in [1.82, 2.24) is 0 Å². The van der Waals surface area contributed by atoms with E-state index in [1.807, 2.05) is 31.2 Å². The molecule has 4 nitrogen and oxygen atoms in total. The van der Waals surface area contributed by atoms with Crippen LogP contribution in [0.15, 0.2) is 48.1 Å². The summed E-state index contributed by atoms with van der Waals surface area (Å²) >= 11 is 0. The zero-order chi connectivity index (χ0) is 20.7. The van der Waals surface area contributed by atoms with Gasteiger partial charge in [-0.25, -0.2) is 0 Å². The van der Waals surface area contributed by atoms with Crippen molar-refractivity contribution in [2.45, 2.75) is 58.8 Å². The summed E-state index contributed by atoms with van der Waals surface area (Å²) in [5.74, 6) is 1.21. The number of methoxy groups -OCH3 is 2. The third-order valence-electron chi connectivity index (χ3n) is 5.37. The lowest BCUT2D eigenvalue weighted by Gasteiger charge is -2.37. The minimum atomic E-state index is -0.320. The Morgan fingerprint density at radius 3 is 2.50 bits per heavy atom. The minimum absolute atomic E-state index is 0.0782. The third-order valence-corrected chi connectivity index (χ3v) is 5.37. The summed E-state index contributed by atoms with van der Waals surface area (Å²) in [5.41, 5.74) is 2.73. The van der Waals surface area contributed by atoms with Crippen LogP contribution < -0.4 is 4.74 Å². The van der Waals surface area contributed by atoms with E-state index in [1.165, 1.54) is 0 Å². The predicted octanol–water partition coefficient (Wildman–Crippen LogP) is 5.12. The van der Waals surface area contributed by atoms with E-state index in [4.69, 9.17) is 14.2 Å². The molecule has 3 atom stereocenters. The van der Waals surface area contributed by atoms with E-state index in [1.54, 1.807) is 14.2 Å². The summed E-state index contributed by atoms with van der Waals surface area (Å²) < 4.78 is 17.1. The Morgan fingerprint density at radius 1 is 1.25 bits per heavy atom. The van der Waals surface area contributed by atoms with Gasteiger partial charge in [-0.2, -0.15) is 0 Å². The number of carbonyl (C=O) groups is 1. The quantitative estimate of drug-likeness (QED) is 0.436. The third kappa shape index (κ3) is 5.79. The molecule has 0 amide bonds. The Kier molecular flexibility index (Phi) is 8.46. The van der Waals surface area contributed by atoms with Crippen molar-refractivity contribution in [2.75, 3.05) is 14.2 Å². The Bertz CT molecular complexity index is 687. The van der Waals surface area contributed by atoms with Crippen LogP contribution in [0, 0.1) is 11.8 Å². The van der Waals surface area contributed by atoms with Crippen LogP contribution in [0.4, 0.5) is 0 Å². The van der Waals surface area contributed by atoms with Gasteiger partial charge in [-0.15, -0.1) is 0 Å². The SMILES string of the molecule is C=C1CC(OCc2ccc(OC)cc2)C(OC)C(/C(C)=C/CCC(C)C)C1=O. The maximum Gasteiger partial charge on any atom is 0.168 e.